The summed E-state index contributed by atoms with van der Waals surface area (Å²) in [7, 11) is 0. The van der Waals surface area contributed by atoms with Crippen molar-refractivity contribution in [2.24, 2.45) is 0 Å². The van der Waals surface area contributed by atoms with E-state index in [-0.39, 0.29) is 0 Å². The molecule has 2 rings (SSSR count). The molecule has 0 fully saturated rings. The van der Waals surface area contributed by atoms with Gasteiger partial charge in [0.15, 0.2) is 0 Å². The number of hydrogen-bond donors (Lipinski definition) is 0. The molecule has 56 valence electrons. The Labute approximate surface area is 76.0 Å². The third kappa shape index (κ3) is 1.47. The van der Waals surface area contributed by atoms with Crippen LogP contribution in [0.4, 0.5) is 0 Å². The van der Waals surface area contributed by atoms with Crippen molar-refractivity contribution in [2.45, 2.75) is 17.7 Å². The molecule has 1 aliphatic rings. The second-order valence-corrected chi connectivity index (χ2v) is 4.47. The third-order valence-corrected chi connectivity index (χ3v) is 3.30. The van der Waals surface area contributed by atoms with E-state index < -0.39 is 0 Å². The maximum Gasteiger partial charge on any atom is 0.0530 e. The molecule has 0 unspecified atom stereocenters. The standard InChI is InChI=1S/C9H8S2/c10-9-6-5-7-3-1-2-4-8(7)11-9/h1-4H,5-6H2. The van der Waals surface area contributed by atoms with E-state index in [2.05, 4.69) is 24.3 Å². The number of aryl methyl sites for hydroxylation is 1. The van der Waals surface area contributed by atoms with Gasteiger partial charge in [-0.05, 0) is 24.5 Å². The molecule has 1 aromatic rings. The normalized spacial score (nSPS) is 16.2. The topological polar surface area (TPSA) is 0 Å². The molecule has 0 bridgehead atoms. The molecule has 11 heavy (non-hydrogen) atoms. The SMILES string of the molecule is S=C1CCc2ccccc2S1. The van der Waals surface area contributed by atoms with Crippen molar-refractivity contribution in [1.82, 2.24) is 0 Å². The minimum absolute atomic E-state index is 1.07. The summed E-state index contributed by atoms with van der Waals surface area (Å²) in [6.07, 6.45) is 2.19. The quantitative estimate of drug-likeness (QED) is 0.563. The summed E-state index contributed by atoms with van der Waals surface area (Å²) in [6, 6.07) is 8.49. The van der Waals surface area contributed by atoms with Crippen molar-refractivity contribution in [3.8, 4) is 0 Å². The van der Waals surface area contributed by atoms with Crippen molar-refractivity contribution in [3.63, 3.8) is 0 Å². The molecular weight excluding hydrogens is 172 g/mol. The Hall–Kier alpha value is -0.340. The molecule has 1 aromatic carbocycles. The van der Waals surface area contributed by atoms with Gasteiger partial charge in [-0.3, -0.25) is 0 Å². The lowest BCUT2D eigenvalue weighted by Gasteiger charge is -2.14. The molecule has 0 saturated carbocycles. The number of thiocarbonyl (C=S) groups is 1. The molecule has 2 heteroatoms. The Morgan fingerprint density at radius 1 is 1.18 bits per heavy atom. The van der Waals surface area contributed by atoms with E-state index in [9.17, 15) is 0 Å². The highest BCUT2D eigenvalue weighted by molar-refractivity contribution is 8.23. The first-order valence-electron chi connectivity index (χ1n) is 3.65. The summed E-state index contributed by atoms with van der Waals surface area (Å²) in [6.45, 7) is 0. The van der Waals surface area contributed by atoms with E-state index in [0.717, 1.165) is 17.0 Å². The summed E-state index contributed by atoms with van der Waals surface area (Å²) >= 11 is 6.89. The summed E-state index contributed by atoms with van der Waals surface area (Å²) in [5.41, 5.74) is 1.45. The van der Waals surface area contributed by atoms with Crippen LogP contribution in [0.5, 0.6) is 0 Å². The van der Waals surface area contributed by atoms with Crippen LogP contribution in [0.1, 0.15) is 12.0 Å². The molecule has 0 nitrogen and oxygen atoms in total. The molecule has 0 spiro atoms. The predicted octanol–water partition coefficient (Wildman–Crippen LogP) is 3.05. The van der Waals surface area contributed by atoms with E-state index in [1.807, 2.05) is 0 Å². The van der Waals surface area contributed by atoms with E-state index in [0.29, 0.717) is 0 Å². The van der Waals surface area contributed by atoms with Crippen molar-refractivity contribution >= 4 is 28.2 Å². The van der Waals surface area contributed by atoms with Gasteiger partial charge in [0, 0.05) is 4.90 Å². The van der Waals surface area contributed by atoms with Crippen LogP contribution in [0.3, 0.4) is 0 Å². The lowest BCUT2D eigenvalue weighted by atomic mass is 10.1. The van der Waals surface area contributed by atoms with Gasteiger partial charge in [0.05, 0.1) is 4.20 Å². The van der Waals surface area contributed by atoms with Crippen LogP contribution in [-0.4, -0.2) is 4.20 Å². The highest BCUT2D eigenvalue weighted by Crippen LogP contribution is 2.31. The molecule has 1 heterocycles. The lowest BCUT2D eigenvalue weighted by molar-refractivity contribution is 1.01. The van der Waals surface area contributed by atoms with Crippen LogP contribution >= 0.6 is 24.0 Å². The van der Waals surface area contributed by atoms with Crippen molar-refractivity contribution in [3.05, 3.63) is 29.8 Å². The van der Waals surface area contributed by atoms with Crippen LogP contribution in [-0.2, 0) is 6.42 Å². The van der Waals surface area contributed by atoms with Crippen molar-refractivity contribution < 1.29 is 0 Å². The fourth-order valence-corrected chi connectivity index (χ4v) is 2.49. The summed E-state index contributed by atoms with van der Waals surface area (Å²) < 4.78 is 1.13. The minimum atomic E-state index is 1.07. The van der Waals surface area contributed by atoms with Crippen LogP contribution in [0, 0.1) is 0 Å². The molecular formula is C9H8S2. The van der Waals surface area contributed by atoms with E-state index in [1.54, 1.807) is 11.8 Å². The zero-order valence-corrected chi connectivity index (χ0v) is 7.67. The first-order valence-corrected chi connectivity index (χ1v) is 4.87. The predicted molar refractivity (Wildman–Crippen MR) is 53.2 cm³/mol. The fourth-order valence-electron chi connectivity index (χ4n) is 1.22. The fraction of sp³-hybridized carbons (Fsp3) is 0.222. The van der Waals surface area contributed by atoms with Gasteiger partial charge in [0.25, 0.3) is 0 Å². The Bertz CT molecular complexity index is 291. The molecule has 0 radical (unpaired) electrons. The minimum Gasteiger partial charge on any atom is -0.0825 e. The first-order chi connectivity index (χ1) is 5.36. The smallest absolute Gasteiger partial charge is 0.0530 e. The highest BCUT2D eigenvalue weighted by Gasteiger charge is 2.11. The van der Waals surface area contributed by atoms with E-state index in [4.69, 9.17) is 12.2 Å². The molecule has 0 atom stereocenters. The monoisotopic (exact) mass is 180 g/mol. The highest BCUT2D eigenvalue weighted by atomic mass is 32.2. The Morgan fingerprint density at radius 2 is 2.00 bits per heavy atom. The number of benzene rings is 1. The molecule has 0 aliphatic carbocycles. The second-order valence-electron chi connectivity index (χ2n) is 2.58. The first kappa shape index (κ1) is 7.32. The molecule has 0 saturated heterocycles. The van der Waals surface area contributed by atoms with Crippen molar-refractivity contribution in [1.29, 1.82) is 0 Å². The summed E-state index contributed by atoms with van der Waals surface area (Å²) in [4.78, 5) is 1.35. The average Bonchev–Trinajstić information content (AvgIpc) is 2.04. The van der Waals surface area contributed by atoms with Gasteiger partial charge in [-0.1, -0.05) is 42.2 Å². The number of thioether (sulfide) groups is 1. The van der Waals surface area contributed by atoms with Gasteiger partial charge in [0.2, 0.25) is 0 Å². The van der Waals surface area contributed by atoms with Crippen LogP contribution in [0.2, 0.25) is 0 Å². The van der Waals surface area contributed by atoms with Gasteiger partial charge in [-0.2, -0.15) is 0 Å². The van der Waals surface area contributed by atoms with Gasteiger partial charge in [-0.25, -0.2) is 0 Å². The molecule has 1 aliphatic heterocycles. The van der Waals surface area contributed by atoms with E-state index >= 15 is 0 Å². The Morgan fingerprint density at radius 3 is 2.91 bits per heavy atom. The maximum absolute atomic E-state index is 5.14. The molecule has 0 amide bonds. The number of hydrogen-bond acceptors (Lipinski definition) is 2. The third-order valence-electron chi connectivity index (χ3n) is 1.79. The van der Waals surface area contributed by atoms with Crippen LogP contribution in [0.15, 0.2) is 29.2 Å². The Kier molecular flexibility index (Phi) is 1.96. The van der Waals surface area contributed by atoms with Crippen LogP contribution in [0.25, 0.3) is 0 Å². The van der Waals surface area contributed by atoms with Gasteiger partial charge < -0.3 is 0 Å². The van der Waals surface area contributed by atoms with E-state index in [1.165, 1.54) is 10.5 Å². The lowest BCUT2D eigenvalue weighted by Crippen LogP contribution is -2.01. The largest absolute Gasteiger partial charge is 0.0825 e. The zero-order valence-electron chi connectivity index (χ0n) is 6.04. The second kappa shape index (κ2) is 2.95. The van der Waals surface area contributed by atoms with Gasteiger partial charge in [-0.15, -0.1) is 0 Å². The molecule has 0 N–H and O–H groups in total. The van der Waals surface area contributed by atoms with Crippen molar-refractivity contribution in [2.75, 3.05) is 0 Å². The number of rotatable bonds is 0. The summed E-state index contributed by atoms with van der Waals surface area (Å²) in [5, 5.41) is 0. The van der Waals surface area contributed by atoms with Crippen LogP contribution < -0.4 is 0 Å². The summed E-state index contributed by atoms with van der Waals surface area (Å²) in [5.74, 6) is 0. The Balaban J connectivity index is 2.41. The van der Waals surface area contributed by atoms with Gasteiger partial charge >= 0.3 is 0 Å². The average molecular weight is 180 g/mol. The number of fused-ring (bicyclic) bond motifs is 1. The zero-order chi connectivity index (χ0) is 7.68. The molecule has 0 aromatic heterocycles. The van der Waals surface area contributed by atoms with Gasteiger partial charge in [0.1, 0.15) is 0 Å². The maximum atomic E-state index is 5.14.